The third-order valence-electron chi connectivity index (χ3n) is 18.2. The summed E-state index contributed by atoms with van der Waals surface area (Å²) in [5, 5.41) is 14.6. The lowest BCUT2D eigenvalue weighted by Crippen LogP contribution is -2.59. The molecule has 0 amide bonds. The molecule has 8 aliphatic carbocycles. The van der Waals surface area contributed by atoms with E-state index in [2.05, 4.69) is 83.3 Å². The van der Waals surface area contributed by atoms with Gasteiger partial charge in [-0.25, -0.2) is 0 Å². The van der Waals surface area contributed by atoms with Gasteiger partial charge >= 0.3 is 0 Å². The topological polar surface area (TPSA) is 4.41 Å². The Bertz CT molecular complexity index is 2980. The Morgan fingerprint density at radius 2 is 0.959 bits per heavy atom. The van der Waals surface area contributed by atoms with Crippen molar-refractivity contribution < 1.29 is 0 Å². The summed E-state index contributed by atoms with van der Waals surface area (Å²) in [7, 11) is 0. The molecule has 2 aromatic heterocycles. The Labute approximate surface area is 284 Å². The van der Waals surface area contributed by atoms with Crippen LogP contribution in [0.2, 0.25) is 0 Å². The number of rotatable bonds is 0. The van der Waals surface area contributed by atoms with E-state index in [1.54, 1.807) is 22.3 Å². The molecule has 234 valence electrons. The van der Waals surface area contributed by atoms with Crippen LogP contribution in [0.25, 0.3) is 70.4 Å². The molecule has 8 aliphatic rings. The number of hydrogen-bond donors (Lipinski definition) is 0. The molecule has 10 atom stereocenters. The van der Waals surface area contributed by atoms with Gasteiger partial charge in [-0.15, -0.1) is 0 Å². The molecular weight excluding hydrogens is 591 g/mol. The Hall–Kier alpha value is -4.10. The van der Waals surface area contributed by atoms with Crippen LogP contribution in [0.5, 0.6) is 0 Å². The summed E-state index contributed by atoms with van der Waals surface area (Å²) >= 11 is 0. The van der Waals surface area contributed by atoms with E-state index in [0.29, 0.717) is 10.8 Å². The monoisotopic (exact) mass is 627 g/mol. The van der Waals surface area contributed by atoms with Crippen molar-refractivity contribution in [2.75, 3.05) is 0 Å². The molecule has 6 fully saturated rings. The Morgan fingerprint density at radius 1 is 0.429 bits per heavy atom. The van der Waals surface area contributed by atoms with Gasteiger partial charge in [-0.05, 0) is 189 Å². The second-order valence-corrected chi connectivity index (χ2v) is 18.8. The van der Waals surface area contributed by atoms with E-state index in [4.69, 9.17) is 0 Å². The number of nitrogens with zero attached hydrogens (tertiary/aromatic N) is 1. The summed E-state index contributed by atoms with van der Waals surface area (Å²) in [5.41, 5.74) is 12.8. The average Bonchev–Trinajstić information content (AvgIpc) is 3.86. The first-order valence-corrected chi connectivity index (χ1v) is 19.8. The summed E-state index contributed by atoms with van der Waals surface area (Å²) in [5.74, 6) is 7.23. The van der Waals surface area contributed by atoms with Crippen LogP contribution in [-0.4, -0.2) is 4.40 Å². The fourth-order valence-electron chi connectivity index (χ4n) is 16.4. The largest absolute Gasteiger partial charge is 0.308 e. The van der Waals surface area contributed by atoms with Gasteiger partial charge in [-0.3, -0.25) is 0 Å². The van der Waals surface area contributed by atoms with Gasteiger partial charge in [0.25, 0.3) is 0 Å². The maximum atomic E-state index is 2.81. The number of aromatic nitrogens is 1. The zero-order valence-electron chi connectivity index (χ0n) is 27.7. The summed E-state index contributed by atoms with van der Waals surface area (Å²) in [6.07, 6.45) is 11.8. The summed E-state index contributed by atoms with van der Waals surface area (Å²) in [6, 6.07) is 32.2. The van der Waals surface area contributed by atoms with Crippen molar-refractivity contribution in [3.8, 4) is 0 Å². The second kappa shape index (κ2) is 7.07. The van der Waals surface area contributed by atoms with Crippen molar-refractivity contribution in [3.63, 3.8) is 0 Å². The minimum Gasteiger partial charge on any atom is -0.308 e. The van der Waals surface area contributed by atoms with Crippen LogP contribution in [0.4, 0.5) is 0 Å². The zero-order valence-corrected chi connectivity index (χ0v) is 27.7. The highest BCUT2D eigenvalue weighted by Crippen LogP contribution is 2.83. The van der Waals surface area contributed by atoms with E-state index in [-0.39, 0.29) is 0 Å². The Kier molecular flexibility index (Phi) is 3.48. The zero-order chi connectivity index (χ0) is 30.9. The molecule has 0 radical (unpaired) electrons. The Morgan fingerprint density at radius 3 is 1.59 bits per heavy atom. The third kappa shape index (κ3) is 2.18. The molecule has 6 aromatic carbocycles. The molecule has 16 rings (SSSR count). The fourth-order valence-corrected chi connectivity index (χ4v) is 16.4. The smallest absolute Gasteiger partial charge is 0.0627 e. The van der Waals surface area contributed by atoms with E-state index in [0.717, 1.165) is 47.3 Å². The van der Waals surface area contributed by atoms with Gasteiger partial charge in [-0.2, -0.15) is 0 Å². The Balaban J connectivity index is 1.13. The number of benzene rings is 6. The summed E-state index contributed by atoms with van der Waals surface area (Å²) < 4.78 is 2.81. The van der Waals surface area contributed by atoms with Crippen LogP contribution in [0.3, 0.4) is 0 Å². The van der Waals surface area contributed by atoms with Crippen molar-refractivity contribution in [1.82, 2.24) is 4.40 Å². The average molecular weight is 628 g/mol. The SMILES string of the molecule is c1ccc2c(c1)c1ccccc1c1c2cc2c3cc4c(cc3n3c5cc6c(cc5c1c23)C1CC2CC3CC6C23C1)C1CC2CC3CC4CC321. The molecule has 1 nitrogen and oxygen atoms in total. The molecule has 49 heavy (non-hydrogen) atoms. The molecule has 2 heterocycles. The lowest BCUT2D eigenvalue weighted by molar-refractivity contribution is -0.146. The van der Waals surface area contributed by atoms with Crippen LogP contribution >= 0.6 is 0 Å². The summed E-state index contributed by atoms with van der Waals surface area (Å²) in [4.78, 5) is 0. The number of fused-ring (bicyclic) bond motifs is 21. The van der Waals surface area contributed by atoms with E-state index in [1.807, 2.05) is 0 Å². The van der Waals surface area contributed by atoms with Gasteiger partial charge in [0.15, 0.2) is 0 Å². The standard InChI is InChI=1S/C48H37N/c1-2-7-30-28(5-1)29-6-3-4-8-31(29)44-37(30)17-38-36-15-32-22-9-24-11-26-13-40(47(24,26)20-22)34(32)18-42(36)49-43-19-35-33(16-39(43)45(44)46(38)49)23-10-25-12-27-14-41(35)48(25,27)21-23/h1-8,15-19,22-27,40-41H,9-14,20-21H2. The van der Waals surface area contributed by atoms with Gasteiger partial charge in [0.2, 0.25) is 0 Å². The quantitative estimate of drug-likeness (QED) is 0.147. The van der Waals surface area contributed by atoms with E-state index >= 15 is 0 Å². The molecule has 6 saturated carbocycles. The van der Waals surface area contributed by atoms with E-state index < -0.39 is 0 Å². The predicted molar refractivity (Wildman–Crippen MR) is 200 cm³/mol. The summed E-state index contributed by atoms with van der Waals surface area (Å²) in [6.45, 7) is 0. The molecule has 4 bridgehead atoms. The van der Waals surface area contributed by atoms with Crippen LogP contribution in [0, 0.1) is 34.5 Å². The molecule has 0 saturated heterocycles. The highest BCUT2D eigenvalue weighted by molar-refractivity contribution is 6.40. The van der Waals surface area contributed by atoms with Crippen molar-refractivity contribution in [2.45, 2.75) is 75.0 Å². The molecule has 10 unspecified atom stereocenters. The highest BCUT2D eigenvalue weighted by atomic mass is 14.9. The molecule has 0 N–H and O–H groups in total. The third-order valence-corrected chi connectivity index (χ3v) is 18.2. The van der Waals surface area contributed by atoms with Gasteiger partial charge in [-0.1, -0.05) is 48.5 Å². The fraction of sp³-hybridized carbons (Fsp3) is 0.375. The molecule has 1 heteroatoms. The molecule has 8 aromatic rings. The lowest BCUT2D eigenvalue weighted by Gasteiger charge is -2.68. The van der Waals surface area contributed by atoms with Gasteiger partial charge in [0.05, 0.1) is 16.6 Å². The first-order valence-electron chi connectivity index (χ1n) is 19.8. The van der Waals surface area contributed by atoms with Crippen molar-refractivity contribution >= 4 is 70.4 Å². The second-order valence-electron chi connectivity index (χ2n) is 18.8. The van der Waals surface area contributed by atoms with Crippen LogP contribution in [0.15, 0.2) is 78.9 Å². The van der Waals surface area contributed by atoms with E-state index in [9.17, 15) is 0 Å². The van der Waals surface area contributed by atoms with Crippen molar-refractivity contribution in [2.24, 2.45) is 34.5 Å². The molecule has 2 spiro atoms. The predicted octanol–water partition coefficient (Wildman–Crippen LogP) is 12.3. The first-order chi connectivity index (χ1) is 24.2. The number of hydrogen-bond acceptors (Lipinski definition) is 0. The van der Waals surface area contributed by atoms with Crippen molar-refractivity contribution in [3.05, 3.63) is 101 Å². The minimum atomic E-state index is 0.672. The van der Waals surface area contributed by atoms with Crippen LogP contribution in [-0.2, 0) is 0 Å². The molecular formula is C48H37N. The maximum Gasteiger partial charge on any atom is 0.0627 e. The van der Waals surface area contributed by atoms with Gasteiger partial charge in [0, 0.05) is 26.9 Å². The first kappa shape index (κ1) is 24.1. The van der Waals surface area contributed by atoms with Gasteiger partial charge < -0.3 is 4.40 Å². The van der Waals surface area contributed by atoms with Crippen LogP contribution < -0.4 is 0 Å². The maximum absolute atomic E-state index is 2.81. The van der Waals surface area contributed by atoms with E-state index in [1.165, 1.54) is 122 Å². The van der Waals surface area contributed by atoms with Crippen LogP contribution in [0.1, 0.15) is 97.3 Å². The lowest BCUT2D eigenvalue weighted by atomic mass is 9.36. The van der Waals surface area contributed by atoms with Crippen molar-refractivity contribution in [1.29, 1.82) is 0 Å². The highest BCUT2D eigenvalue weighted by Gasteiger charge is 2.73. The van der Waals surface area contributed by atoms with Gasteiger partial charge in [0.1, 0.15) is 0 Å². The minimum absolute atomic E-state index is 0.672. The molecule has 0 aliphatic heterocycles. The normalized spacial score (nSPS) is 38.1.